The predicted molar refractivity (Wildman–Crippen MR) is 108 cm³/mol. The Kier molecular flexibility index (Phi) is 7.57. The molecule has 1 atom stereocenters. The fraction of sp³-hybridized carbons (Fsp3) is 0.591. The molecule has 1 unspecified atom stereocenters. The highest BCUT2D eigenvalue weighted by molar-refractivity contribution is 5.76. The van der Waals surface area contributed by atoms with Gasteiger partial charge in [0.15, 0.2) is 0 Å². The maximum atomic E-state index is 12.4. The van der Waals surface area contributed by atoms with Crippen molar-refractivity contribution in [3.63, 3.8) is 0 Å². The molecule has 0 saturated heterocycles. The highest BCUT2D eigenvalue weighted by Crippen LogP contribution is 2.25. The quantitative estimate of drug-likeness (QED) is 0.671. The van der Waals surface area contributed by atoms with Gasteiger partial charge in [-0.15, -0.1) is 10.2 Å². The van der Waals surface area contributed by atoms with E-state index in [1.54, 1.807) is 0 Å². The second-order valence-electron chi connectivity index (χ2n) is 8.68. The maximum absolute atomic E-state index is 12.4. The maximum Gasteiger partial charge on any atom is 0.247 e. The van der Waals surface area contributed by atoms with Crippen LogP contribution in [0.5, 0.6) is 0 Å². The number of rotatable bonds is 9. The normalized spacial score (nSPS) is 13.0. The van der Waals surface area contributed by atoms with Crippen molar-refractivity contribution in [2.45, 2.75) is 72.8 Å². The van der Waals surface area contributed by atoms with E-state index in [0.29, 0.717) is 37.0 Å². The SMILES string of the molecule is CC(C)CCC(NC(=O)CCCc1nnc(-c2ccccc2)o1)C(C)(C)C. The highest BCUT2D eigenvalue weighted by atomic mass is 16.4. The van der Waals surface area contributed by atoms with Crippen molar-refractivity contribution in [2.75, 3.05) is 0 Å². The molecule has 0 aliphatic rings. The van der Waals surface area contributed by atoms with Crippen LogP contribution >= 0.6 is 0 Å². The Morgan fingerprint density at radius 2 is 1.81 bits per heavy atom. The van der Waals surface area contributed by atoms with Crippen LogP contribution in [0.3, 0.4) is 0 Å². The minimum Gasteiger partial charge on any atom is -0.421 e. The number of carbonyl (C=O) groups is 1. The minimum absolute atomic E-state index is 0.0572. The molecule has 0 aliphatic carbocycles. The molecule has 148 valence electrons. The molecule has 5 nitrogen and oxygen atoms in total. The summed E-state index contributed by atoms with van der Waals surface area (Å²) in [6, 6.07) is 9.90. The van der Waals surface area contributed by atoms with Gasteiger partial charge in [0, 0.05) is 24.4 Å². The molecule has 1 aromatic carbocycles. The number of aromatic nitrogens is 2. The van der Waals surface area contributed by atoms with E-state index < -0.39 is 0 Å². The number of amides is 1. The monoisotopic (exact) mass is 371 g/mol. The minimum atomic E-state index is 0.0572. The van der Waals surface area contributed by atoms with Gasteiger partial charge in [0.2, 0.25) is 17.7 Å². The van der Waals surface area contributed by atoms with Gasteiger partial charge in [-0.3, -0.25) is 4.79 Å². The molecule has 0 bridgehead atoms. The topological polar surface area (TPSA) is 68.0 Å². The summed E-state index contributed by atoms with van der Waals surface area (Å²) in [7, 11) is 0. The molecule has 1 heterocycles. The first-order valence-corrected chi connectivity index (χ1v) is 9.93. The van der Waals surface area contributed by atoms with Gasteiger partial charge in [-0.05, 0) is 42.7 Å². The van der Waals surface area contributed by atoms with Gasteiger partial charge in [0.05, 0.1) is 0 Å². The molecule has 1 aromatic heterocycles. The third kappa shape index (κ3) is 7.16. The van der Waals surface area contributed by atoms with E-state index in [-0.39, 0.29) is 17.4 Å². The van der Waals surface area contributed by atoms with Crippen LogP contribution in [0.25, 0.3) is 11.5 Å². The van der Waals surface area contributed by atoms with Crippen LogP contribution in [0.1, 0.15) is 66.2 Å². The molecule has 2 aromatic rings. The molecular formula is C22H33N3O2. The van der Waals surface area contributed by atoms with Crippen molar-refractivity contribution in [1.82, 2.24) is 15.5 Å². The summed E-state index contributed by atoms with van der Waals surface area (Å²) in [5.74, 6) is 1.84. The number of hydrogen-bond donors (Lipinski definition) is 1. The Morgan fingerprint density at radius 3 is 2.44 bits per heavy atom. The second kappa shape index (κ2) is 9.67. The largest absolute Gasteiger partial charge is 0.421 e. The molecule has 0 saturated carbocycles. The summed E-state index contributed by atoms with van der Waals surface area (Å²) >= 11 is 0. The number of benzene rings is 1. The predicted octanol–water partition coefficient (Wildman–Crippen LogP) is 5.03. The van der Waals surface area contributed by atoms with E-state index in [4.69, 9.17) is 4.42 Å². The summed E-state index contributed by atoms with van der Waals surface area (Å²) < 4.78 is 5.70. The van der Waals surface area contributed by atoms with Gasteiger partial charge >= 0.3 is 0 Å². The lowest BCUT2D eigenvalue weighted by Gasteiger charge is -2.32. The first-order chi connectivity index (χ1) is 12.8. The molecular weight excluding hydrogens is 338 g/mol. The Labute approximate surface area is 163 Å². The summed E-state index contributed by atoms with van der Waals surface area (Å²) in [6.45, 7) is 11.0. The zero-order chi connectivity index (χ0) is 19.9. The van der Waals surface area contributed by atoms with Gasteiger partial charge in [0.25, 0.3) is 0 Å². The van der Waals surface area contributed by atoms with Crippen molar-refractivity contribution >= 4 is 5.91 Å². The van der Waals surface area contributed by atoms with Gasteiger partial charge < -0.3 is 9.73 Å². The number of carbonyl (C=O) groups excluding carboxylic acids is 1. The zero-order valence-electron chi connectivity index (χ0n) is 17.3. The molecule has 1 amide bonds. The Bertz CT molecular complexity index is 702. The highest BCUT2D eigenvalue weighted by Gasteiger charge is 2.26. The van der Waals surface area contributed by atoms with Crippen molar-refractivity contribution in [1.29, 1.82) is 0 Å². The Morgan fingerprint density at radius 1 is 1.11 bits per heavy atom. The molecule has 0 aliphatic heterocycles. The smallest absolute Gasteiger partial charge is 0.247 e. The van der Waals surface area contributed by atoms with Gasteiger partial charge in [-0.25, -0.2) is 0 Å². The average molecular weight is 372 g/mol. The van der Waals surface area contributed by atoms with Crippen LogP contribution in [-0.2, 0) is 11.2 Å². The van der Waals surface area contributed by atoms with Crippen LogP contribution < -0.4 is 5.32 Å². The van der Waals surface area contributed by atoms with Crippen LogP contribution in [0, 0.1) is 11.3 Å². The van der Waals surface area contributed by atoms with E-state index in [2.05, 4.69) is 50.1 Å². The van der Waals surface area contributed by atoms with E-state index in [1.165, 1.54) is 0 Å². The lowest BCUT2D eigenvalue weighted by molar-refractivity contribution is -0.122. The first-order valence-electron chi connectivity index (χ1n) is 9.93. The third-order valence-electron chi connectivity index (χ3n) is 4.70. The molecule has 5 heteroatoms. The molecule has 0 spiro atoms. The van der Waals surface area contributed by atoms with E-state index in [1.807, 2.05) is 30.3 Å². The summed E-state index contributed by atoms with van der Waals surface area (Å²) in [5.41, 5.74) is 0.967. The van der Waals surface area contributed by atoms with Crippen molar-refractivity contribution < 1.29 is 9.21 Å². The second-order valence-corrected chi connectivity index (χ2v) is 8.68. The van der Waals surface area contributed by atoms with Crippen LogP contribution in [0.2, 0.25) is 0 Å². The number of aryl methyl sites for hydroxylation is 1. The lowest BCUT2D eigenvalue weighted by atomic mass is 9.82. The van der Waals surface area contributed by atoms with E-state index in [0.717, 1.165) is 18.4 Å². The number of hydrogen-bond acceptors (Lipinski definition) is 4. The van der Waals surface area contributed by atoms with Gasteiger partial charge in [-0.2, -0.15) is 0 Å². The summed E-state index contributed by atoms with van der Waals surface area (Å²) in [6.07, 6.45) is 3.91. The first kappa shape index (κ1) is 21.1. The van der Waals surface area contributed by atoms with E-state index in [9.17, 15) is 4.79 Å². The molecule has 0 radical (unpaired) electrons. The number of nitrogens with one attached hydrogen (secondary N) is 1. The van der Waals surface area contributed by atoms with Gasteiger partial charge in [-0.1, -0.05) is 52.8 Å². The van der Waals surface area contributed by atoms with Crippen LogP contribution in [0.15, 0.2) is 34.7 Å². The number of nitrogens with zero attached hydrogens (tertiary/aromatic N) is 2. The van der Waals surface area contributed by atoms with Crippen LogP contribution in [-0.4, -0.2) is 22.1 Å². The van der Waals surface area contributed by atoms with Crippen molar-refractivity contribution in [3.05, 3.63) is 36.2 Å². The zero-order valence-corrected chi connectivity index (χ0v) is 17.3. The molecule has 27 heavy (non-hydrogen) atoms. The Hall–Kier alpha value is -2.17. The van der Waals surface area contributed by atoms with Crippen molar-refractivity contribution in [2.24, 2.45) is 11.3 Å². The Balaban J connectivity index is 1.80. The van der Waals surface area contributed by atoms with E-state index >= 15 is 0 Å². The standard InChI is InChI=1S/C22H33N3O2/c1-16(2)14-15-18(22(3,4)5)23-19(26)12-9-13-20-24-25-21(27-20)17-10-7-6-8-11-17/h6-8,10-11,16,18H,9,12-15H2,1-5H3,(H,23,26). The average Bonchev–Trinajstić information content (AvgIpc) is 3.07. The summed E-state index contributed by atoms with van der Waals surface area (Å²) in [5, 5.41) is 11.4. The van der Waals surface area contributed by atoms with Gasteiger partial charge in [0.1, 0.15) is 0 Å². The fourth-order valence-corrected chi connectivity index (χ4v) is 2.94. The summed E-state index contributed by atoms with van der Waals surface area (Å²) in [4.78, 5) is 12.4. The molecule has 1 N–H and O–H groups in total. The fourth-order valence-electron chi connectivity index (χ4n) is 2.94. The molecule has 0 fully saturated rings. The third-order valence-corrected chi connectivity index (χ3v) is 4.70. The van der Waals surface area contributed by atoms with Crippen LogP contribution in [0.4, 0.5) is 0 Å². The van der Waals surface area contributed by atoms with Crippen molar-refractivity contribution in [3.8, 4) is 11.5 Å². The molecule has 2 rings (SSSR count). The lowest BCUT2D eigenvalue weighted by Crippen LogP contribution is -2.43.